The Labute approximate surface area is 271 Å². The van der Waals surface area contributed by atoms with Crippen molar-refractivity contribution in [2.24, 2.45) is 7.05 Å². The Morgan fingerprint density at radius 1 is 0.739 bits per heavy atom. The predicted molar refractivity (Wildman–Crippen MR) is 187 cm³/mol. The largest absolute Gasteiger partial charge is 0.456 e. The molecule has 3 aromatic heterocycles. The Balaban J connectivity index is 1.30. The van der Waals surface area contributed by atoms with E-state index >= 15 is 0 Å². The molecule has 222 valence electrons. The number of para-hydroxylation sites is 3. The van der Waals surface area contributed by atoms with Crippen LogP contribution in [0.25, 0.3) is 50.0 Å². The van der Waals surface area contributed by atoms with Gasteiger partial charge in [-0.2, -0.15) is 0 Å². The van der Waals surface area contributed by atoms with Crippen LogP contribution in [0.4, 0.5) is 0 Å². The highest BCUT2D eigenvalue weighted by Gasteiger charge is 2.38. The molecule has 0 saturated carbocycles. The van der Waals surface area contributed by atoms with E-state index in [2.05, 4.69) is 115 Å². The third kappa shape index (κ3) is 3.96. The second-order valence-electron chi connectivity index (χ2n) is 12.3. The molecule has 0 unspecified atom stereocenters. The molecule has 9 rings (SSSR count). The van der Waals surface area contributed by atoms with E-state index in [1.165, 1.54) is 26.8 Å². The zero-order valence-corrected chi connectivity index (χ0v) is 26.5. The molecular weight excluding hydrogens is 585 g/mol. The summed E-state index contributed by atoms with van der Waals surface area (Å²) >= 11 is 1.80. The summed E-state index contributed by atoms with van der Waals surface area (Å²) in [5, 5.41) is 2.45. The third-order valence-electron chi connectivity index (χ3n) is 9.26. The van der Waals surface area contributed by atoms with E-state index in [-0.39, 0.29) is 5.41 Å². The molecule has 0 N–H and O–H groups in total. The van der Waals surface area contributed by atoms with Crippen molar-refractivity contribution in [1.82, 2.24) is 19.1 Å². The maximum atomic E-state index is 6.96. The second kappa shape index (κ2) is 10.1. The Morgan fingerprint density at radius 2 is 1.52 bits per heavy atom. The maximum Gasteiger partial charge on any atom is 0.143 e. The summed E-state index contributed by atoms with van der Waals surface area (Å²) in [4.78, 5) is 12.1. The van der Waals surface area contributed by atoms with Crippen LogP contribution in [0, 0.1) is 0 Å². The molecule has 0 bridgehead atoms. The molecule has 1 aliphatic heterocycles. The van der Waals surface area contributed by atoms with Crippen LogP contribution in [-0.4, -0.2) is 19.1 Å². The SMILES string of the molecule is Cn1c(-c2cccc(Oc3cc4c(c5c3Sc3ccccc3C5(C)C)c3ccccc3n4-c3ccccn3)c2)nc2ccccc21. The molecule has 4 heterocycles. The highest BCUT2D eigenvalue weighted by atomic mass is 32.2. The number of nitrogens with zero attached hydrogens (tertiary/aromatic N) is 4. The molecule has 5 nitrogen and oxygen atoms in total. The topological polar surface area (TPSA) is 44.9 Å². The molecule has 0 fully saturated rings. The summed E-state index contributed by atoms with van der Waals surface area (Å²) < 4.78 is 11.4. The quantitative estimate of drug-likeness (QED) is 0.198. The smallest absolute Gasteiger partial charge is 0.143 e. The number of pyridine rings is 1. The van der Waals surface area contributed by atoms with E-state index in [0.717, 1.165) is 55.7 Å². The van der Waals surface area contributed by atoms with E-state index in [0.29, 0.717) is 0 Å². The average molecular weight is 615 g/mol. The second-order valence-corrected chi connectivity index (χ2v) is 13.4. The van der Waals surface area contributed by atoms with Gasteiger partial charge in [0.2, 0.25) is 0 Å². The molecule has 8 aromatic rings. The number of imidazole rings is 1. The molecule has 5 aromatic carbocycles. The summed E-state index contributed by atoms with van der Waals surface area (Å²) in [6, 6.07) is 42.2. The lowest BCUT2D eigenvalue weighted by molar-refractivity contribution is 0.465. The minimum Gasteiger partial charge on any atom is -0.456 e. The van der Waals surface area contributed by atoms with Crippen LogP contribution < -0.4 is 4.74 Å². The summed E-state index contributed by atoms with van der Waals surface area (Å²) in [6.45, 7) is 4.68. The minimum atomic E-state index is -0.275. The molecule has 0 aliphatic carbocycles. The predicted octanol–water partition coefficient (Wildman–Crippen LogP) is 10.3. The molecule has 46 heavy (non-hydrogen) atoms. The van der Waals surface area contributed by atoms with Crippen LogP contribution in [0.2, 0.25) is 0 Å². The molecular formula is C40H30N4OS. The van der Waals surface area contributed by atoms with Crippen molar-refractivity contribution in [3.8, 4) is 28.7 Å². The first kappa shape index (κ1) is 27.0. The molecule has 0 saturated heterocycles. The van der Waals surface area contributed by atoms with Crippen molar-refractivity contribution in [2.45, 2.75) is 29.1 Å². The lowest BCUT2D eigenvalue weighted by Gasteiger charge is -2.36. The number of aromatic nitrogens is 4. The maximum absolute atomic E-state index is 6.96. The van der Waals surface area contributed by atoms with Gasteiger partial charge in [-0.25, -0.2) is 9.97 Å². The van der Waals surface area contributed by atoms with Gasteiger partial charge in [-0.05, 0) is 59.7 Å². The van der Waals surface area contributed by atoms with E-state index in [9.17, 15) is 0 Å². The first-order chi connectivity index (χ1) is 22.5. The van der Waals surface area contributed by atoms with Crippen LogP contribution >= 0.6 is 11.8 Å². The van der Waals surface area contributed by atoms with Gasteiger partial charge in [0, 0.05) is 46.0 Å². The van der Waals surface area contributed by atoms with Gasteiger partial charge < -0.3 is 9.30 Å². The fourth-order valence-corrected chi connectivity index (χ4v) is 8.60. The lowest BCUT2D eigenvalue weighted by Crippen LogP contribution is -2.24. The first-order valence-corrected chi connectivity index (χ1v) is 16.3. The lowest BCUT2D eigenvalue weighted by atomic mass is 9.75. The van der Waals surface area contributed by atoms with Crippen LogP contribution in [-0.2, 0) is 12.5 Å². The van der Waals surface area contributed by atoms with Crippen LogP contribution in [0.3, 0.4) is 0 Å². The number of hydrogen-bond donors (Lipinski definition) is 0. The number of hydrogen-bond acceptors (Lipinski definition) is 4. The Morgan fingerprint density at radius 3 is 2.37 bits per heavy atom. The molecule has 6 heteroatoms. The van der Waals surface area contributed by atoms with Crippen molar-refractivity contribution in [3.05, 3.63) is 139 Å². The highest BCUT2D eigenvalue weighted by Crippen LogP contribution is 2.56. The standard InChI is InChI=1S/C40H30N4OS/c1-40(2)28-16-5-9-20-34(28)46-38-33(45-26-14-12-13-25(23-26)39-42-29-17-6-8-19-31(29)43(39)3)24-32-36(37(38)40)27-15-4-7-18-30(27)44(32)35-21-10-11-22-41-35/h4-24H,1-3H3. The first-order valence-electron chi connectivity index (χ1n) is 15.5. The van der Waals surface area contributed by atoms with Gasteiger partial charge in [0.05, 0.1) is 27.0 Å². The van der Waals surface area contributed by atoms with Crippen LogP contribution in [0.5, 0.6) is 11.5 Å². The van der Waals surface area contributed by atoms with Gasteiger partial charge >= 0.3 is 0 Å². The van der Waals surface area contributed by atoms with Gasteiger partial charge in [0.1, 0.15) is 23.1 Å². The number of benzene rings is 5. The Kier molecular flexibility index (Phi) is 5.93. The van der Waals surface area contributed by atoms with Crippen molar-refractivity contribution >= 4 is 44.6 Å². The van der Waals surface area contributed by atoms with E-state index in [1.807, 2.05) is 42.6 Å². The zero-order chi connectivity index (χ0) is 31.0. The summed E-state index contributed by atoms with van der Waals surface area (Å²) in [5.74, 6) is 3.38. The van der Waals surface area contributed by atoms with Crippen LogP contribution in [0.1, 0.15) is 25.0 Å². The molecule has 0 spiro atoms. The third-order valence-corrected chi connectivity index (χ3v) is 10.4. The number of aryl methyl sites for hydroxylation is 1. The van der Waals surface area contributed by atoms with Crippen LogP contribution in [0.15, 0.2) is 137 Å². The van der Waals surface area contributed by atoms with E-state index in [4.69, 9.17) is 14.7 Å². The van der Waals surface area contributed by atoms with Crippen molar-refractivity contribution < 1.29 is 4.74 Å². The van der Waals surface area contributed by atoms with Crippen molar-refractivity contribution in [2.75, 3.05) is 0 Å². The van der Waals surface area contributed by atoms with Gasteiger partial charge in [-0.3, -0.25) is 4.57 Å². The summed E-state index contributed by atoms with van der Waals surface area (Å²) in [6.07, 6.45) is 1.86. The Hall–Kier alpha value is -5.33. The van der Waals surface area contributed by atoms with E-state index in [1.54, 1.807) is 11.8 Å². The molecule has 1 aliphatic rings. The molecule has 0 amide bonds. The molecule has 0 radical (unpaired) electrons. The fraction of sp³-hybridized carbons (Fsp3) is 0.100. The molecule has 0 atom stereocenters. The number of fused-ring (bicyclic) bond motifs is 7. The summed E-state index contributed by atoms with van der Waals surface area (Å²) in [5.41, 5.74) is 7.61. The Bertz CT molecular complexity index is 2470. The monoisotopic (exact) mass is 614 g/mol. The zero-order valence-electron chi connectivity index (χ0n) is 25.7. The van der Waals surface area contributed by atoms with Gasteiger partial charge in [-0.15, -0.1) is 0 Å². The average Bonchev–Trinajstić information content (AvgIpc) is 3.60. The van der Waals surface area contributed by atoms with E-state index < -0.39 is 0 Å². The summed E-state index contributed by atoms with van der Waals surface area (Å²) in [7, 11) is 2.06. The highest BCUT2D eigenvalue weighted by molar-refractivity contribution is 7.99. The van der Waals surface area contributed by atoms with Crippen molar-refractivity contribution in [1.29, 1.82) is 0 Å². The number of ether oxygens (including phenoxy) is 1. The van der Waals surface area contributed by atoms with Gasteiger partial charge in [0.15, 0.2) is 0 Å². The van der Waals surface area contributed by atoms with Crippen molar-refractivity contribution in [3.63, 3.8) is 0 Å². The normalized spacial score (nSPS) is 13.6. The van der Waals surface area contributed by atoms with Gasteiger partial charge in [0.25, 0.3) is 0 Å². The fourth-order valence-electron chi connectivity index (χ4n) is 7.14. The van der Waals surface area contributed by atoms with Gasteiger partial charge in [-0.1, -0.05) is 92.3 Å². The minimum absolute atomic E-state index is 0.275. The number of rotatable bonds is 4.